The van der Waals surface area contributed by atoms with Gasteiger partial charge in [0.25, 0.3) is 0 Å². The summed E-state index contributed by atoms with van der Waals surface area (Å²) in [4.78, 5) is 28.2. The van der Waals surface area contributed by atoms with E-state index in [-0.39, 0.29) is 17.8 Å². The zero-order valence-electron chi connectivity index (χ0n) is 15.7. The molecule has 0 unspecified atom stereocenters. The molecule has 0 aliphatic rings. The number of benzene rings is 2. The van der Waals surface area contributed by atoms with Gasteiger partial charge in [-0.2, -0.15) is 0 Å². The van der Waals surface area contributed by atoms with Gasteiger partial charge in [-0.3, -0.25) is 14.6 Å². The fourth-order valence-electron chi connectivity index (χ4n) is 3.12. The lowest BCUT2D eigenvalue weighted by molar-refractivity contribution is -0.116. The van der Waals surface area contributed by atoms with Crippen LogP contribution in [0.2, 0.25) is 0 Å². The second-order valence-corrected chi connectivity index (χ2v) is 6.54. The first-order chi connectivity index (χ1) is 13.3. The van der Waals surface area contributed by atoms with Crippen LogP contribution in [0.5, 0.6) is 0 Å². The summed E-state index contributed by atoms with van der Waals surface area (Å²) in [7, 11) is 0. The normalized spacial score (nSPS) is 10.8. The largest absolute Gasteiger partial charge is 0.324 e. The lowest BCUT2D eigenvalue weighted by Crippen LogP contribution is -2.18. The van der Waals surface area contributed by atoms with Crippen LogP contribution in [0.1, 0.15) is 23.7 Å². The van der Waals surface area contributed by atoms with E-state index in [1.165, 1.54) is 6.92 Å². The first-order valence-corrected chi connectivity index (χ1v) is 8.67. The van der Waals surface area contributed by atoms with E-state index >= 15 is 0 Å². The smallest absolute Gasteiger partial charge is 0.228 e. The van der Waals surface area contributed by atoms with E-state index in [1.807, 2.05) is 38.1 Å². The van der Waals surface area contributed by atoms with E-state index in [0.29, 0.717) is 11.8 Å². The predicted molar refractivity (Wildman–Crippen MR) is 104 cm³/mol. The van der Waals surface area contributed by atoms with Crippen molar-refractivity contribution in [1.29, 1.82) is 0 Å². The Labute approximate surface area is 160 Å². The van der Waals surface area contributed by atoms with Gasteiger partial charge in [-0.05, 0) is 37.1 Å². The molecule has 0 saturated heterocycles. The molecule has 2 amide bonds. The van der Waals surface area contributed by atoms with Crippen molar-refractivity contribution >= 4 is 34.1 Å². The maximum absolute atomic E-state index is 14.1. The molecule has 1 heterocycles. The average molecular weight is 383 g/mol. The number of nitrogens with one attached hydrogen (secondary N) is 2. The Hall–Kier alpha value is -3.35. The minimum atomic E-state index is -0.926. The number of aryl methyl sites for hydroxylation is 2. The van der Waals surface area contributed by atoms with Crippen LogP contribution < -0.4 is 10.6 Å². The van der Waals surface area contributed by atoms with E-state index in [2.05, 4.69) is 15.6 Å². The number of aromatic nitrogens is 1. The Morgan fingerprint density at radius 1 is 1.00 bits per heavy atom. The molecule has 5 nitrogen and oxygen atoms in total. The summed E-state index contributed by atoms with van der Waals surface area (Å²) in [6.45, 7) is 4.93. The van der Waals surface area contributed by atoms with Crippen LogP contribution in [-0.2, 0) is 16.0 Å². The molecule has 28 heavy (non-hydrogen) atoms. The molecule has 0 bridgehead atoms. The van der Waals surface area contributed by atoms with E-state index in [4.69, 9.17) is 0 Å². The molecule has 1 aromatic heterocycles. The molecule has 144 valence electrons. The van der Waals surface area contributed by atoms with Crippen molar-refractivity contribution in [2.75, 3.05) is 10.6 Å². The zero-order valence-corrected chi connectivity index (χ0v) is 15.7. The van der Waals surface area contributed by atoms with Gasteiger partial charge < -0.3 is 10.6 Å². The number of anilines is 2. The minimum Gasteiger partial charge on any atom is -0.324 e. The average Bonchev–Trinajstić information content (AvgIpc) is 2.62. The highest BCUT2D eigenvalue weighted by Crippen LogP contribution is 2.25. The third-order valence-electron chi connectivity index (χ3n) is 4.46. The summed E-state index contributed by atoms with van der Waals surface area (Å²) in [5, 5.41) is 5.64. The topological polar surface area (TPSA) is 71.1 Å². The van der Waals surface area contributed by atoms with E-state index in [9.17, 15) is 18.4 Å². The van der Waals surface area contributed by atoms with Crippen LogP contribution in [0.25, 0.3) is 10.9 Å². The molecule has 2 aromatic carbocycles. The first-order valence-electron chi connectivity index (χ1n) is 8.67. The van der Waals surface area contributed by atoms with Crippen LogP contribution in [0.3, 0.4) is 0 Å². The number of nitrogens with zero attached hydrogens (tertiary/aromatic N) is 1. The molecule has 0 fully saturated rings. The SMILES string of the molecule is CC(=O)Nc1cc(NC(=O)Cc2c(C)nc3ccccc3c2C)c(F)cc1F. The summed E-state index contributed by atoms with van der Waals surface area (Å²) >= 11 is 0. The number of carbonyl (C=O) groups excluding carboxylic acids is 2. The van der Waals surface area contributed by atoms with Crippen molar-refractivity contribution in [3.05, 3.63) is 64.9 Å². The van der Waals surface area contributed by atoms with Crippen LogP contribution in [0, 0.1) is 25.5 Å². The molecular formula is C21H19F2N3O2. The molecule has 0 radical (unpaired) electrons. The van der Waals surface area contributed by atoms with E-state index in [0.717, 1.165) is 28.1 Å². The fraction of sp³-hybridized carbons (Fsp3) is 0.190. The summed E-state index contributed by atoms with van der Waals surface area (Å²) in [5.41, 5.74) is 2.82. The summed E-state index contributed by atoms with van der Waals surface area (Å²) in [6.07, 6.45) is -0.0121. The molecule has 3 aromatic rings. The quantitative estimate of drug-likeness (QED) is 0.707. The van der Waals surface area contributed by atoms with Gasteiger partial charge in [-0.25, -0.2) is 8.78 Å². The van der Waals surface area contributed by atoms with Crippen molar-refractivity contribution in [1.82, 2.24) is 4.98 Å². The molecule has 0 aliphatic carbocycles. The highest BCUT2D eigenvalue weighted by Gasteiger charge is 2.16. The fourth-order valence-corrected chi connectivity index (χ4v) is 3.12. The van der Waals surface area contributed by atoms with E-state index < -0.39 is 23.4 Å². The van der Waals surface area contributed by atoms with Crippen molar-refractivity contribution in [2.45, 2.75) is 27.2 Å². The van der Waals surface area contributed by atoms with Crippen LogP contribution in [0.15, 0.2) is 36.4 Å². The molecule has 0 spiro atoms. The molecule has 2 N–H and O–H groups in total. The number of para-hydroxylation sites is 1. The maximum atomic E-state index is 14.1. The molecule has 0 saturated carbocycles. The number of hydrogen-bond acceptors (Lipinski definition) is 3. The number of amides is 2. The van der Waals surface area contributed by atoms with Gasteiger partial charge in [0.05, 0.1) is 23.3 Å². The van der Waals surface area contributed by atoms with Crippen molar-refractivity contribution in [3.8, 4) is 0 Å². The van der Waals surface area contributed by atoms with E-state index in [1.54, 1.807) is 0 Å². The van der Waals surface area contributed by atoms with Gasteiger partial charge >= 0.3 is 0 Å². The maximum Gasteiger partial charge on any atom is 0.228 e. The Morgan fingerprint density at radius 3 is 2.32 bits per heavy atom. The molecule has 0 aliphatic heterocycles. The summed E-state index contributed by atoms with van der Waals surface area (Å²) in [6, 6.07) is 9.30. The van der Waals surface area contributed by atoms with Gasteiger partial charge in [0.2, 0.25) is 11.8 Å². The van der Waals surface area contributed by atoms with Crippen molar-refractivity contribution in [2.24, 2.45) is 0 Å². The lowest BCUT2D eigenvalue weighted by atomic mass is 9.99. The number of halogens is 2. The van der Waals surface area contributed by atoms with Crippen molar-refractivity contribution < 1.29 is 18.4 Å². The third-order valence-corrected chi connectivity index (χ3v) is 4.46. The second-order valence-electron chi connectivity index (χ2n) is 6.54. The Morgan fingerprint density at radius 2 is 1.64 bits per heavy atom. The van der Waals surface area contributed by atoms with Gasteiger partial charge in [0, 0.05) is 24.1 Å². The van der Waals surface area contributed by atoms with Gasteiger partial charge in [0.1, 0.15) is 11.6 Å². The third kappa shape index (κ3) is 3.98. The zero-order chi connectivity index (χ0) is 20.4. The number of carbonyl (C=O) groups is 2. The van der Waals surface area contributed by atoms with Crippen LogP contribution in [0.4, 0.5) is 20.2 Å². The number of hydrogen-bond donors (Lipinski definition) is 2. The monoisotopic (exact) mass is 383 g/mol. The number of rotatable bonds is 4. The Balaban J connectivity index is 1.87. The molecule has 3 rings (SSSR count). The van der Waals surface area contributed by atoms with Gasteiger partial charge in [-0.15, -0.1) is 0 Å². The van der Waals surface area contributed by atoms with Crippen molar-refractivity contribution in [3.63, 3.8) is 0 Å². The Bertz CT molecular complexity index is 1100. The molecule has 0 atom stereocenters. The Kier molecular flexibility index (Phi) is 5.35. The first kappa shape index (κ1) is 19.4. The molecular weight excluding hydrogens is 364 g/mol. The lowest BCUT2D eigenvalue weighted by Gasteiger charge is -2.14. The van der Waals surface area contributed by atoms with Crippen LogP contribution >= 0.6 is 0 Å². The molecule has 7 heteroatoms. The minimum absolute atomic E-state index is 0.0121. The second kappa shape index (κ2) is 7.72. The number of fused-ring (bicyclic) bond motifs is 1. The van der Waals surface area contributed by atoms with Crippen LogP contribution in [-0.4, -0.2) is 16.8 Å². The van der Waals surface area contributed by atoms with Gasteiger partial charge in [0.15, 0.2) is 0 Å². The predicted octanol–water partition coefficient (Wildman–Crippen LogP) is 4.27. The summed E-state index contributed by atoms with van der Waals surface area (Å²) in [5.74, 6) is -2.82. The highest BCUT2D eigenvalue weighted by atomic mass is 19.1. The standard InChI is InChI=1S/C21H19F2N3O2/c1-11-14-6-4-5-7-18(14)24-12(2)15(11)8-21(28)26-20-10-19(25-13(3)27)16(22)9-17(20)23/h4-7,9-10H,8H2,1-3H3,(H,25,27)(H,26,28). The highest BCUT2D eigenvalue weighted by molar-refractivity contribution is 5.95. The number of pyridine rings is 1. The van der Waals surface area contributed by atoms with Gasteiger partial charge in [-0.1, -0.05) is 18.2 Å². The summed E-state index contributed by atoms with van der Waals surface area (Å²) < 4.78 is 27.8.